The van der Waals surface area contributed by atoms with Crippen molar-refractivity contribution in [2.75, 3.05) is 0 Å². The molecule has 0 aliphatic heterocycles. The molecule has 2 rings (SSSR count). The monoisotopic (exact) mass is 385 g/mol. The molecule has 0 aliphatic rings. The Hall–Kier alpha value is -1.03. The third-order valence-electron chi connectivity index (χ3n) is 3.16. The van der Waals surface area contributed by atoms with Gasteiger partial charge in [-0.05, 0) is 42.3 Å². The zero-order valence-electron chi connectivity index (χ0n) is 11.4. The van der Waals surface area contributed by atoms with Crippen LogP contribution >= 0.6 is 39.1 Å². The lowest BCUT2D eigenvalue weighted by molar-refractivity contribution is 0.0935. The first-order valence-electron chi connectivity index (χ1n) is 6.52. The van der Waals surface area contributed by atoms with Crippen LogP contribution in [0.4, 0.5) is 0 Å². The van der Waals surface area contributed by atoms with E-state index in [0.717, 1.165) is 16.5 Å². The van der Waals surface area contributed by atoms with Crippen molar-refractivity contribution in [1.29, 1.82) is 0 Å². The van der Waals surface area contributed by atoms with E-state index in [2.05, 4.69) is 21.2 Å². The van der Waals surface area contributed by atoms with Gasteiger partial charge in [-0.3, -0.25) is 4.79 Å². The molecule has 1 unspecified atom stereocenters. The Kier molecular flexibility index (Phi) is 5.68. The fourth-order valence-corrected chi connectivity index (χ4v) is 2.71. The van der Waals surface area contributed by atoms with E-state index in [1.54, 1.807) is 18.2 Å². The van der Waals surface area contributed by atoms with Crippen molar-refractivity contribution in [3.05, 3.63) is 68.1 Å². The zero-order chi connectivity index (χ0) is 15.4. The van der Waals surface area contributed by atoms with Crippen molar-refractivity contribution >= 4 is 45.0 Å². The van der Waals surface area contributed by atoms with E-state index in [9.17, 15) is 4.79 Å². The van der Waals surface area contributed by atoms with Crippen LogP contribution in [0.3, 0.4) is 0 Å². The number of amides is 1. The molecule has 1 amide bonds. The summed E-state index contributed by atoms with van der Waals surface area (Å²) in [7, 11) is 0. The first kappa shape index (κ1) is 16.3. The van der Waals surface area contributed by atoms with E-state index in [4.69, 9.17) is 23.2 Å². The molecule has 0 radical (unpaired) electrons. The van der Waals surface area contributed by atoms with E-state index < -0.39 is 0 Å². The van der Waals surface area contributed by atoms with Crippen molar-refractivity contribution in [2.24, 2.45) is 0 Å². The standard InChI is InChI=1S/C16H14BrCl2NO/c1-2-15(10-3-6-12(18)7-4-10)20-16(21)13-9-11(17)5-8-14(13)19/h3-9,15H,2H2,1H3,(H,20,21). The minimum absolute atomic E-state index is 0.0789. The molecule has 0 bridgehead atoms. The number of halogens is 3. The van der Waals surface area contributed by atoms with Gasteiger partial charge in [0.2, 0.25) is 0 Å². The SMILES string of the molecule is CCC(NC(=O)c1cc(Br)ccc1Cl)c1ccc(Cl)cc1. The molecular formula is C16H14BrCl2NO. The lowest BCUT2D eigenvalue weighted by Gasteiger charge is -2.18. The van der Waals surface area contributed by atoms with E-state index >= 15 is 0 Å². The fraction of sp³-hybridized carbons (Fsp3) is 0.188. The van der Waals surface area contributed by atoms with Gasteiger partial charge in [0.25, 0.3) is 5.91 Å². The zero-order valence-corrected chi connectivity index (χ0v) is 14.5. The summed E-state index contributed by atoms with van der Waals surface area (Å²) in [5.41, 5.74) is 1.47. The maximum absolute atomic E-state index is 12.4. The largest absolute Gasteiger partial charge is 0.345 e. The van der Waals surface area contributed by atoms with Gasteiger partial charge in [-0.2, -0.15) is 0 Å². The minimum Gasteiger partial charge on any atom is -0.345 e. The van der Waals surface area contributed by atoms with Gasteiger partial charge in [0.1, 0.15) is 0 Å². The van der Waals surface area contributed by atoms with Crippen LogP contribution in [0, 0.1) is 0 Å². The second-order valence-electron chi connectivity index (χ2n) is 4.61. The summed E-state index contributed by atoms with van der Waals surface area (Å²) in [6, 6.07) is 12.6. The molecule has 1 atom stereocenters. The van der Waals surface area contributed by atoms with Crippen molar-refractivity contribution in [2.45, 2.75) is 19.4 Å². The van der Waals surface area contributed by atoms with E-state index in [0.29, 0.717) is 15.6 Å². The molecule has 0 aromatic heterocycles. The third-order valence-corrected chi connectivity index (χ3v) is 4.23. The highest BCUT2D eigenvalue weighted by Gasteiger charge is 2.16. The maximum atomic E-state index is 12.4. The van der Waals surface area contributed by atoms with Crippen molar-refractivity contribution < 1.29 is 4.79 Å². The highest BCUT2D eigenvalue weighted by atomic mass is 79.9. The summed E-state index contributed by atoms with van der Waals surface area (Å²) in [5, 5.41) is 4.11. The van der Waals surface area contributed by atoms with Crippen molar-refractivity contribution in [3.8, 4) is 0 Å². The molecular weight excluding hydrogens is 373 g/mol. The Morgan fingerprint density at radius 3 is 2.48 bits per heavy atom. The molecule has 0 saturated heterocycles. The third kappa shape index (κ3) is 4.22. The van der Waals surface area contributed by atoms with Crippen molar-refractivity contribution in [1.82, 2.24) is 5.32 Å². The van der Waals surface area contributed by atoms with Crippen LogP contribution < -0.4 is 5.32 Å². The van der Waals surface area contributed by atoms with Gasteiger partial charge in [0, 0.05) is 9.50 Å². The highest BCUT2D eigenvalue weighted by Crippen LogP contribution is 2.23. The number of carbonyl (C=O) groups is 1. The molecule has 5 heteroatoms. The Morgan fingerprint density at radius 1 is 1.19 bits per heavy atom. The van der Waals surface area contributed by atoms with Gasteiger partial charge >= 0.3 is 0 Å². The summed E-state index contributed by atoms with van der Waals surface area (Å²) < 4.78 is 0.816. The van der Waals surface area contributed by atoms with Crippen molar-refractivity contribution in [3.63, 3.8) is 0 Å². The summed E-state index contributed by atoms with van der Waals surface area (Å²) in [6.07, 6.45) is 0.777. The molecule has 2 aromatic rings. The number of carbonyl (C=O) groups excluding carboxylic acids is 1. The lowest BCUT2D eigenvalue weighted by atomic mass is 10.0. The van der Waals surface area contributed by atoms with Crippen LogP contribution in [0.2, 0.25) is 10.0 Å². The molecule has 0 spiro atoms. The number of hydrogen-bond donors (Lipinski definition) is 1. The number of hydrogen-bond acceptors (Lipinski definition) is 1. The molecule has 110 valence electrons. The molecule has 1 N–H and O–H groups in total. The second kappa shape index (κ2) is 7.30. The van der Waals surface area contributed by atoms with E-state index in [-0.39, 0.29) is 11.9 Å². The molecule has 0 saturated carbocycles. The van der Waals surface area contributed by atoms with Crippen LogP contribution in [-0.2, 0) is 0 Å². The smallest absolute Gasteiger partial charge is 0.253 e. The summed E-state index contributed by atoms with van der Waals surface area (Å²) >= 11 is 15.3. The highest BCUT2D eigenvalue weighted by molar-refractivity contribution is 9.10. The van der Waals surface area contributed by atoms with Crippen LogP contribution in [0.15, 0.2) is 46.9 Å². The predicted octanol–water partition coefficient (Wildman–Crippen LogP) is 5.64. The quantitative estimate of drug-likeness (QED) is 0.723. The van der Waals surface area contributed by atoms with Crippen LogP contribution in [0.25, 0.3) is 0 Å². The van der Waals surface area contributed by atoms with Gasteiger partial charge in [0.15, 0.2) is 0 Å². The average molecular weight is 387 g/mol. The molecule has 2 aromatic carbocycles. The Labute approximate surface area is 142 Å². The van der Waals surface area contributed by atoms with Gasteiger partial charge in [-0.1, -0.05) is 58.2 Å². The normalized spacial score (nSPS) is 12.0. The maximum Gasteiger partial charge on any atom is 0.253 e. The van der Waals surface area contributed by atoms with Gasteiger partial charge in [-0.15, -0.1) is 0 Å². The fourth-order valence-electron chi connectivity index (χ4n) is 2.02. The average Bonchev–Trinajstić information content (AvgIpc) is 2.48. The molecule has 0 aliphatic carbocycles. The second-order valence-corrected chi connectivity index (χ2v) is 6.37. The summed E-state index contributed by atoms with van der Waals surface area (Å²) in [6.45, 7) is 2.02. The van der Waals surface area contributed by atoms with Crippen LogP contribution in [0.5, 0.6) is 0 Å². The number of benzene rings is 2. The van der Waals surface area contributed by atoms with E-state index in [1.807, 2.05) is 31.2 Å². The minimum atomic E-state index is -0.192. The topological polar surface area (TPSA) is 29.1 Å². The van der Waals surface area contributed by atoms with Gasteiger partial charge < -0.3 is 5.32 Å². The number of rotatable bonds is 4. The molecule has 0 fully saturated rings. The summed E-state index contributed by atoms with van der Waals surface area (Å²) in [5.74, 6) is -0.192. The van der Waals surface area contributed by atoms with Crippen LogP contribution in [-0.4, -0.2) is 5.91 Å². The van der Waals surface area contributed by atoms with E-state index in [1.165, 1.54) is 0 Å². The molecule has 0 heterocycles. The lowest BCUT2D eigenvalue weighted by Crippen LogP contribution is -2.28. The first-order valence-corrected chi connectivity index (χ1v) is 8.07. The Bertz CT molecular complexity index is 643. The molecule has 21 heavy (non-hydrogen) atoms. The number of nitrogens with one attached hydrogen (secondary N) is 1. The summed E-state index contributed by atoms with van der Waals surface area (Å²) in [4.78, 5) is 12.4. The van der Waals surface area contributed by atoms with Gasteiger partial charge in [-0.25, -0.2) is 0 Å². The predicted molar refractivity (Wildman–Crippen MR) is 91.1 cm³/mol. The first-order chi connectivity index (χ1) is 10.0. The Balaban J connectivity index is 2.20. The molecule has 2 nitrogen and oxygen atoms in total. The van der Waals surface area contributed by atoms with Crippen LogP contribution in [0.1, 0.15) is 35.3 Å². The Morgan fingerprint density at radius 2 is 1.86 bits per heavy atom. The van der Waals surface area contributed by atoms with Gasteiger partial charge in [0.05, 0.1) is 16.6 Å².